The molecule has 0 aliphatic heterocycles. The molecule has 0 aliphatic carbocycles. The van der Waals surface area contributed by atoms with Crippen molar-refractivity contribution in [3.8, 4) is 55.6 Å². The van der Waals surface area contributed by atoms with E-state index in [9.17, 15) is 19.2 Å². The third kappa shape index (κ3) is 5.08. The molecule has 0 aromatic heterocycles. The molecule has 0 nitrogen and oxygen atoms in total. The lowest BCUT2D eigenvalue weighted by Crippen LogP contribution is -1.93. The number of rotatable bonds is 5. The van der Waals surface area contributed by atoms with Gasteiger partial charge in [0.05, 0.1) is 46.6 Å². The first-order chi connectivity index (χ1) is 40.0. The zero-order valence-electron chi connectivity index (χ0n) is 60.0. The van der Waals surface area contributed by atoms with Crippen molar-refractivity contribution in [3.05, 3.63) is 205 Å². The van der Waals surface area contributed by atoms with E-state index in [2.05, 4.69) is 0 Å². The lowest BCUT2D eigenvalue weighted by molar-refractivity contribution is 1.58. The van der Waals surface area contributed by atoms with Gasteiger partial charge in [0, 0.05) is 0 Å². The highest BCUT2D eigenvalue weighted by molar-refractivity contribution is 6.24. The standard InChI is InChI=1S/C52H34/c1-2-13-35(14-3-1)36-27-29-37(30-28-36)40-19-10-20-42(33-40)51-47-23-8-9-24-48(47)52(46-26-12-18-39-16-5-7-22-44(39)46)50-34-41(31-32-49(50)51)45-25-11-17-38-15-4-6-21-43(38)45/h1-34H/i1D,2D,3D,4D,5D,6D,7D,8D,9D,10D,11D,12D,13D,14D,15D,16D,17D,18D,19D,20D,21D,22D,23D,24D,25D,26D,27D,28D,29D,30D,31D,32D,33D,34D. The molecule has 0 N–H and O–H groups in total. The number of hydrogen-bond acceptors (Lipinski definition) is 0. The Kier molecular flexibility index (Phi) is 2.74. The summed E-state index contributed by atoms with van der Waals surface area (Å²) in [4.78, 5) is 0. The van der Waals surface area contributed by atoms with Crippen LogP contribution < -0.4 is 0 Å². The van der Waals surface area contributed by atoms with Crippen LogP contribution in [0.15, 0.2) is 205 Å². The minimum absolute atomic E-state index is 0.717. The van der Waals surface area contributed by atoms with E-state index < -0.39 is 304 Å². The maximum Gasteiger partial charge on any atom is 0.0636 e. The van der Waals surface area contributed by atoms with Crippen molar-refractivity contribution < 1.29 is 46.6 Å². The van der Waals surface area contributed by atoms with Gasteiger partial charge in [-0.25, -0.2) is 0 Å². The third-order valence-corrected chi connectivity index (χ3v) is 8.12. The third-order valence-electron chi connectivity index (χ3n) is 8.12. The summed E-state index contributed by atoms with van der Waals surface area (Å²) in [5.41, 5.74) is -9.39. The molecular weight excluding hydrogens is 625 g/mol. The highest BCUT2D eigenvalue weighted by Crippen LogP contribution is 2.47. The second kappa shape index (κ2) is 12.5. The van der Waals surface area contributed by atoms with E-state index in [1.165, 1.54) is 0 Å². The van der Waals surface area contributed by atoms with Crippen molar-refractivity contribution >= 4 is 43.1 Å². The summed E-state index contributed by atoms with van der Waals surface area (Å²) in [5.74, 6) is 0. The van der Waals surface area contributed by atoms with E-state index in [4.69, 9.17) is 27.4 Å². The minimum atomic E-state index is -1.25. The summed E-state index contributed by atoms with van der Waals surface area (Å²) < 4.78 is 309. The van der Waals surface area contributed by atoms with Gasteiger partial charge < -0.3 is 0 Å². The van der Waals surface area contributed by atoms with Gasteiger partial charge in [0.25, 0.3) is 0 Å². The fraction of sp³-hybridized carbons (Fsp3) is 0. The summed E-state index contributed by atoms with van der Waals surface area (Å²) in [6, 6.07) is -36.3. The number of hydrogen-bond donors (Lipinski definition) is 0. The van der Waals surface area contributed by atoms with Gasteiger partial charge in [0.1, 0.15) is 0 Å². The fourth-order valence-corrected chi connectivity index (χ4v) is 5.88. The Balaban J connectivity index is 1.55. The Morgan fingerprint density at radius 3 is 1.38 bits per heavy atom. The van der Waals surface area contributed by atoms with Crippen LogP contribution in [0.1, 0.15) is 46.6 Å². The van der Waals surface area contributed by atoms with E-state index in [0.29, 0.717) is 0 Å². The largest absolute Gasteiger partial charge is 0.0636 e. The monoisotopic (exact) mass is 692 g/mol. The van der Waals surface area contributed by atoms with Gasteiger partial charge in [-0.2, -0.15) is 0 Å². The highest BCUT2D eigenvalue weighted by atomic mass is 14.2. The van der Waals surface area contributed by atoms with Crippen LogP contribution in [0.3, 0.4) is 0 Å². The van der Waals surface area contributed by atoms with Gasteiger partial charge in [0.15, 0.2) is 0 Å². The van der Waals surface area contributed by atoms with E-state index in [-0.39, 0.29) is 0 Å². The van der Waals surface area contributed by atoms with Crippen LogP contribution in [0.4, 0.5) is 0 Å². The van der Waals surface area contributed by atoms with Crippen molar-refractivity contribution in [2.45, 2.75) is 0 Å². The van der Waals surface area contributed by atoms with Crippen LogP contribution in [0.25, 0.3) is 98.7 Å². The Hall–Kier alpha value is -6.76. The number of fused-ring (bicyclic) bond motifs is 4. The summed E-state index contributed by atoms with van der Waals surface area (Å²) >= 11 is 0. The molecule has 0 spiro atoms. The van der Waals surface area contributed by atoms with Crippen LogP contribution in [-0.4, -0.2) is 0 Å². The van der Waals surface area contributed by atoms with Crippen molar-refractivity contribution in [1.82, 2.24) is 0 Å². The predicted molar refractivity (Wildman–Crippen MR) is 224 cm³/mol. The van der Waals surface area contributed by atoms with Gasteiger partial charge in [-0.1, -0.05) is 193 Å². The fourth-order valence-electron chi connectivity index (χ4n) is 5.88. The summed E-state index contributed by atoms with van der Waals surface area (Å²) in [5, 5.41) is -6.84. The second-order valence-electron chi connectivity index (χ2n) is 11.0. The zero-order chi connectivity index (χ0) is 64.0. The maximum absolute atomic E-state index is 10.4. The normalized spacial score (nSPS) is 20.6. The molecule has 0 unspecified atom stereocenters. The van der Waals surface area contributed by atoms with E-state index in [0.717, 1.165) is 0 Å². The molecule has 242 valence electrons. The maximum atomic E-state index is 10.4. The molecule has 0 bridgehead atoms. The minimum Gasteiger partial charge on any atom is -0.0622 e. The van der Waals surface area contributed by atoms with Crippen LogP contribution in [0.2, 0.25) is 0 Å². The number of benzene rings is 10. The first-order valence-electron chi connectivity index (χ1n) is 32.2. The zero-order valence-corrected chi connectivity index (χ0v) is 26.0. The Labute approximate surface area is 351 Å². The summed E-state index contributed by atoms with van der Waals surface area (Å²) in [7, 11) is 0. The SMILES string of the molecule is [2H]c1c([2H])c([2H])c(-c2c([2H])c([2H])c(-c3c([2H])c([2H])c([2H])c(-c4c5c([2H])c([2H])c([2H])c([2H])c5c(-c5c([2H])c([2H])c([2H])c6c([2H])c([2H])c([2H])c([2H])c56)c5c([2H])c(-c6c([2H])c([2H])c([2H])c7c([2H])c([2H])c([2H])c([2H])c67)c([2H])c([2H])c45)c3[2H])c([2H])c2[2H])c([2H])c1[2H]. The Bertz CT molecular complexity index is 4840. The molecule has 10 aromatic rings. The van der Waals surface area contributed by atoms with E-state index >= 15 is 0 Å². The van der Waals surface area contributed by atoms with Crippen molar-refractivity contribution in [1.29, 1.82) is 0 Å². The molecule has 10 rings (SSSR count). The van der Waals surface area contributed by atoms with Crippen molar-refractivity contribution in [3.63, 3.8) is 0 Å². The lowest BCUT2D eigenvalue weighted by atomic mass is 9.83. The van der Waals surface area contributed by atoms with Gasteiger partial charge in [-0.05, 0) is 111 Å². The van der Waals surface area contributed by atoms with E-state index in [1.807, 2.05) is 0 Å². The molecule has 10 aromatic carbocycles. The van der Waals surface area contributed by atoms with Crippen molar-refractivity contribution in [2.75, 3.05) is 0 Å². The molecule has 0 heterocycles. The van der Waals surface area contributed by atoms with Gasteiger partial charge in [-0.3, -0.25) is 0 Å². The van der Waals surface area contributed by atoms with Crippen LogP contribution >= 0.6 is 0 Å². The molecule has 0 heteroatoms. The molecule has 0 aliphatic rings. The highest BCUT2D eigenvalue weighted by Gasteiger charge is 2.19. The smallest absolute Gasteiger partial charge is 0.0622 e. The molecule has 0 radical (unpaired) electrons. The van der Waals surface area contributed by atoms with Crippen molar-refractivity contribution in [2.24, 2.45) is 0 Å². The quantitative estimate of drug-likeness (QED) is 0.158. The predicted octanol–water partition coefficient (Wildman–Crippen LogP) is 14.6. The Morgan fingerprint density at radius 2 is 0.673 bits per heavy atom. The average Bonchev–Trinajstić information content (AvgIpc) is 0.692. The Morgan fingerprint density at radius 1 is 0.231 bits per heavy atom. The van der Waals surface area contributed by atoms with Gasteiger partial charge in [0.2, 0.25) is 0 Å². The second-order valence-corrected chi connectivity index (χ2v) is 11.0. The molecule has 0 amide bonds. The topological polar surface area (TPSA) is 0 Å². The van der Waals surface area contributed by atoms with Gasteiger partial charge in [-0.15, -0.1) is 0 Å². The molecule has 52 heavy (non-hydrogen) atoms. The molecule has 0 atom stereocenters. The molecule has 0 fully saturated rings. The van der Waals surface area contributed by atoms with E-state index in [1.54, 1.807) is 0 Å². The lowest BCUT2D eigenvalue weighted by Gasteiger charge is -2.20. The summed E-state index contributed by atoms with van der Waals surface area (Å²) in [6.07, 6.45) is 0. The average molecular weight is 693 g/mol. The van der Waals surface area contributed by atoms with Gasteiger partial charge >= 0.3 is 0 Å². The first kappa shape index (κ1) is 11.4. The molecular formula is C52H34. The molecule has 0 saturated heterocycles. The van der Waals surface area contributed by atoms with Crippen LogP contribution in [-0.2, 0) is 0 Å². The summed E-state index contributed by atoms with van der Waals surface area (Å²) in [6.45, 7) is 0. The molecule has 0 saturated carbocycles. The first-order valence-corrected chi connectivity index (χ1v) is 15.2. The van der Waals surface area contributed by atoms with Crippen LogP contribution in [0.5, 0.6) is 0 Å². The van der Waals surface area contributed by atoms with Crippen LogP contribution in [0, 0.1) is 0 Å².